The highest BCUT2D eigenvalue weighted by Gasteiger charge is 2.53. The topological polar surface area (TPSA) is 50.7 Å². The number of aliphatic hydroxyl groups excluding tert-OH is 1. The zero-order chi connectivity index (χ0) is 16.0. The third-order valence-electron chi connectivity index (χ3n) is 6.40. The number of ether oxygens (including phenoxy) is 2. The average Bonchev–Trinajstić information content (AvgIpc) is 2.70. The number of methoxy groups -OCH3 is 1. The van der Waals surface area contributed by atoms with Crippen LogP contribution in [0.5, 0.6) is 11.5 Å². The summed E-state index contributed by atoms with van der Waals surface area (Å²) in [6.07, 6.45) is 6.02. The molecule has 4 atom stereocenters. The second-order valence-electron chi connectivity index (χ2n) is 7.55. The van der Waals surface area contributed by atoms with Gasteiger partial charge in [-0.2, -0.15) is 0 Å². The molecule has 4 rings (SSSR count). The molecule has 1 aliphatic heterocycles. The lowest BCUT2D eigenvalue weighted by Gasteiger charge is -2.53. The lowest BCUT2D eigenvalue weighted by molar-refractivity contribution is -0.0616. The summed E-state index contributed by atoms with van der Waals surface area (Å²) in [6, 6.07) is 4.59. The summed E-state index contributed by atoms with van der Waals surface area (Å²) >= 11 is 0. The van der Waals surface area contributed by atoms with Gasteiger partial charge < -0.3 is 19.9 Å². The van der Waals surface area contributed by atoms with Crippen LogP contribution < -0.4 is 14.8 Å². The van der Waals surface area contributed by atoms with E-state index in [1.807, 2.05) is 0 Å². The number of nitrogens with one attached hydrogen (secondary N) is 1. The maximum Gasteiger partial charge on any atom is 0.165 e. The summed E-state index contributed by atoms with van der Waals surface area (Å²) in [5, 5.41) is 12.7. The van der Waals surface area contributed by atoms with Gasteiger partial charge in [-0.1, -0.05) is 13.0 Å². The van der Waals surface area contributed by atoms with E-state index < -0.39 is 0 Å². The minimum atomic E-state index is 0.155. The van der Waals surface area contributed by atoms with E-state index in [1.165, 1.54) is 24.0 Å². The van der Waals surface area contributed by atoms with Crippen LogP contribution in [-0.4, -0.2) is 37.5 Å². The monoisotopic (exact) mass is 317 g/mol. The molecule has 1 fully saturated rings. The fourth-order valence-electron chi connectivity index (χ4n) is 5.15. The minimum absolute atomic E-state index is 0.155. The Morgan fingerprint density at radius 3 is 3.00 bits per heavy atom. The van der Waals surface area contributed by atoms with Gasteiger partial charge in [-0.15, -0.1) is 0 Å². The molecular formula is C19H27NO3. The Morgan fingerprint density at radius 1 is 1.35 bits per heavy atom. The van der Waals surface area contributed by atoms with Crippen molar-refractivity contribution in [1.29, 1.82) is 0 Å². The van der Waals surface area contributed by atoms with Crippen molar-refractivity contribution >= 4 is 0 Å². The van der Waals surface area contributed by atoms with Gasteiger partial charge >= 0.3 is 0 Å². The van der Waals surface area contributed by atoms with Crippen molar-refractivity contribution in [1.82, 2.24) is 5.32 Å². The van der Waals surface area contributed by atoms with Crippen LogP contribution >= 0.6 is 0 Å². The largest absolute Gasteiger partial charge is 0.493 e. The van der Waals surface area contributed by atoms with Crippen LogP contribution in [0.3, 0.4) is 0 Å². The summed E-state index contributed by atoms with van der Waals surface area (Å²) in [4.78, 5) is 0. The number of aliphatic hydroxyl groups is 1. The number of aryl methyl sites for hydroxylation is 1. The SMILES string of the molecule is COc1ccc2c3c1OC1C(NCCO)CCC(CC2)C1(C)C3. The maximum absolute atomic E-state index is 9.18. The van der Waals surface area contributed by atoms with Crippen molar-refractivity contribution < 1.29 is 14.6 Å². The van der Waals surface area contributed by atoms with Gasteiger partial charge in [-0.3, -0.25) is 0 Å². The van der Waals surface area contributed by atoms with E-state index in [2.05, 4.69) is 24.4 Å². The summed E-state index contributed by atoms with van der Waals surface area (Å²) in [5.41, 5.74) is 2.99. The van der Waals surface area contributed by atoms with Crippen molar-refractivity contribution in [3.8, 4) is 11.5 Å². The summed E-state index contributed by atoms with van der Waals surface area (Å²) in [6.45, 7) is 3.22. The molecule has 23 heavy (non-hydrogen) atoms. The van der Waals surface area contributed by atoms with E-state index in [0.717, 1.165) is 30.8 Å². The second kappa shape index (κ2) is 5.67. The predicted molar refractivity (Wildman–Crippen MR) is 89.1 cm³/mol. The van der Waals surface area contributed by atoms with E-state index >= 15 is 0 Å². The molecule has 1 aromatic rings. The second-order valence-corrected chi connectivity index (χ2v) is 7.55. The van der Waals surface area contributed by atoms with Crippen molar-refractivity contribution in [3.63, 3.8) is 0 Å². The standard InChI is InChI=1S/C19H27NO3/c1-19-11-14-12-3-5-13(19)6-7-15(20-9-10-21)18(19)23-17(14)16(22-2)8-4-12/h4,8,13,15,18,20-21H,3,5-7,9-11H2,1-2H3. The lowest BCUT2D eigenvalue weighted by Crippen LogP contribution is -2.60. The zero-order valence-corrected chi connectivity index (χ0v) is 14.1. The van der Waals surface area contributed by atoms with Crippen LogP contribution in [0.1, 0.15) is 37.3 Å². The fourth-order valence-corrected chi connectivity index (χ4v) is 5.15. The molecule has 1 saturated carbocycles. The summed E-state index contributed by atoms with van der Waals surface area (Å²) in [7, 11) is 1.72. The van der Waals surface area contributed by atoms with E-state index in [-0.39, 0.29) is 18.1 Å². The van der Waals surface area contributed by atoms with Gasteiger partial charge in [0.05, 0.1) is 13.7 Å². The first-order chi connectivity index (χ1) is 11.2. The van der Waals surface area contributed by atoms with Crippen LogP contribution in [0, 0.1) is 11.3 Å². The van der Waals surface area contributed by atoms with Crippen LogP contribution in [-0.2, 0) is 12.8 Å². The Balaban J connectivity index is 1.78. The van der Waals surface area contributed by atoms with Crippen molar-refractivity contribution in [2.75, 3.05) is 20.3 Å². The normalized spacial score (nSPS) is 34.5. The molecule has 0 saturated heterocycles. The van der Waals surface area contributed by atoms with E-state index in [1.54, 1.807) is 7.11 Å². The molecule has 0 radical (unpaired) electrons. The third kappa shape index (κ3) is 2.26. The predicted octanol–water partition coefficient (Wildman–Crippen LogP) is 2.31. The van der Waals surface area contributed by atoms with E-state index in [9.17, 15) is 5.11 Å². The molecule has 2 aliphatic carbocycles. The van der Waals surface area contributed by atoms with Crippen molar-refractivity contribution in [2.24, 2.45) is 11.3 Å². The zero-order valence-electron chi connectivity index (χ0n) is 14.1. The van der Waals surface area contributed by atoms with Gasteiger partial charge in [0.15, 0.2) is 11.5 Å². The Bertz CT molecular complexity index is 603. The molecule has 4 heteroatoms. The molecule has 1 heterocycles. The highest BCUT2D eigenvalue weighted by Crippen LogP contribution is 2.55. The van der Waals surface area contributed by atoms with Gasteiger partial charge in [0, 0.05) is 23.6 Å². The first-order valence-electron chi connectivity index (χ1n) is 8.87. The molecule has 0 amide bonds. The number of rotatable bonds is 4. The smallest absolute Gasteiger partial charge is 0.165 e. The molecular weight excluding hydrogens is 290 g/mol. The van der Waals surface area contributed by atoms with Gasteiger partial charge in [-0.05, 0) is 49.7 Å². The third-order valence-corrected chi connectivity index (χ3v) is 6.40. The van der Waals surface area contributed by atoms with Gasteiger partial charge in [0.2, 0.25) is 0 Å². The highest BCUT2D eigenvalue weighted by atomic mass is 16.5. The van der Waals surface area contributed by atoms with Crippen LogP contribution in [0.25, 0.3) is 0 Å². The summed E-state index contributed by atoms with van der Waals surface area (Å²) in [5.74, 6) is 2.53. The average molecular weight is 317 g/mol. The molecule has 0 spiro atoms. The van der Waals surface area contributed by atoms with Gasteiger partial charge in [0.1, 0.15) is 6.10 Å². The molecule has 0 aromatic heterocycles. The molecule has 4 nitrogen and oxygen atoms in total. The summed E-state index contributed by atoms with van der Waals surface area (Å²) < 4.78 is 12.2. The molecule has 2 bridgehead atoms. The number of hydrogen-bond acceptors (Lipinski definition) is 4. The minimum Gasteiger partial charge on any atom is -0.493 e. The van der Waals surface area contributed by atoms with Crippen LogP contribution in [0.15, 0.2) is 12.1 Å². The number of hydrogen-bond donors (Lipinski definition) is 2. The van der Waals surface area contributed by atoms with E-state index in [4.69, 9.17) is 9.47 Å². The molecule has 3 aliphatic rings. The first kappa shape index (κ1) is 15.3. The molecule has 4 unspecified atom stereocenters. The van der Waals surface area contributed by atoms with Crippen molar-refractivity contribution in [2.45, 2.75) is 51.2 Å². The molecule has 1 aromatic carbocycles. The maximum atomic E-state index is 9.18. The van der Waals surface area contributed by atoms with Crippen molar-refractivity contribution in [3.05, 3.63) is 23.3 Å². The van der Waals surface area contributed by atoms with Gasteiger partial charge in [0.25, 0.3) is 0 Å². The Labute approximate surface area is 138 Å². The molecule has 2 N–H and O–H groups in total. The Hall–Kier alpha value is -1.26. The van der Waals surface area contributed by atoms with Crippen LogP contribution in [0.4, 0.5) is 0 Å². The first-order valence-corrected chi connectivity index (χ1v) is 8.87. The highest BCUT2D eigenvalue weighted by molar-refractivity contribution is 5.53. The van der Waals surface area contributed by atoms with Gasteiger partial charge in [-0.25, -0.2) is 0 Å². The Kier molecular flexibility index (Phi) is 3.77. The Morgan fingerprint density at radius 2 is 2.22 bits per heavy atom. The number of benzene rings is 1. The molecule has 126 valence electrons. The van der Waals surface area contributed by atoms with E-state index in [0.29, 0.717) is 18.5 Å². The van der Waals surface area contributed by atoms with Crippen LogP contribution in [0.2, 0.25) is 0 Å². The quantitative estimate of drug-likeness (QED) is 0.895. The fraction of sp³-hybridized carbons (Fsp3) is 0.684. The lowest BCUT2D eigenvalue weighted by atomic mass is 9.60.